The highest BCUT2D eigenvalue weighted by atomic mass is 32.2. The number of hydrogen-bond donors (Lipinski definition) is 2. The summed E-state index contributed by atoms with van der Waals surface area (Å²) in [5.74, 6) is 0.700. The zero-order valence-corrected chi connectivity index (χ0v) is 16.5. The highest BCUT2D eigenvalue weighted by molar-refractivity contribution is 7.92. The lowest BCUT2D eigenvalue weighted by molar-refractivity contribution is 0.197. The average molecular weight is 384 g/mol. The first-order valence-corrected chi connectivity index (χ1v) is 11.3. The molecule has 0 amide bonds. The molecule has 2 aromatic heterocycles. The molecule has 0 unspecified atom stereocenters. The van der Waals surface area contributed by atoms with Crippen LogP contribution < -0.4 is 4.72 Å². The Bertz CT molecular complexity index is 812. The molecule has 3 heterocycles. The van der Waals surface area contributed by atoms with Gasteiger partial charge < -0.3 is 0 Å². The number of anilines is 1. The van der Waals surface area contributed by atoms with Crippen molar-refractivity contribution >= 4 is 27.0 Å². The molecule has 138 valence electrons. The van der Waals surface area contributed by atoms with E-state index in [-0.39, 0.29) is 5.92 Å². The molecule has 1 fully saturated rings. The fourth-order valence-corrected chi connectivity index (χ4v) is 4.60. The van der Waals surface area contributed by atoms with E-state index in [9.17, 15) is 8.42 Å². The Morgan fingerprint density at radius 3 is 2.96 bits per heavy atom. The van der Waals surface area contributed by atoms with Crippen LogP contribution in [0.3, 0.4) is 0 Å². The number of aromatic amines is 1. The van der Waals surface area contributed by atoms with Gasteiger partial charge in [0.05, 0.1) is 34.5 Å². The fourth-order valence-electron chi connectivity index (χ4n) is 3.21. The van der Waals surface area contributed by atoms with Gasteiger partial charge in [-0.15, -0.1) is 11.3 Å². The maximum atomic E-state index is 11.5. The first-order valence-electron chi connectivity index (χ1n) is 8.49. The number of thiazole rings is 1. The normalized spacial score (nSPS) is 19.4. The number of nitrogens with zero attached hydrogens (tertiary/aromatic N) is 3. The molecule has 0 saturated carbocycles. The lowest BCUT2D eigenvalue weighted by Crippen LogP contribution is -2.34. The predicted octanol–water partition coefficient (Wildman–Crippen LogP) is 2.74. The third-order valence-electron chi connectivity index (χ3n) is 4.33. The van der Waals surface area contributed by atoms with Crippen LogP contribution in [-0.4, -0.2) is 47.8 Å². The van der Waals surface area contributed by atoms with Crippen LogP contribution in [0.15, 0.2) is 11.6 Å². The SMILES string of the molecule is CC(C)c1nc(CN2CCC[C@H](c3[nH]ncc3NS(C)(=O)=O)C2)cs1. The van der Waals surface area contributed by atoms with Crippen molar-refractivity contribution in [3.8, 4) is 0 Å². The van der Waals surface area contributed by atoms with E-state index < -0.39 is 10.0 Å². The van der Waals surface area contributed by atoms with Gasteiger partial charge in [-0.05, 0) is 19.4 Å². The third kappa shape index (κ3) is 4.80. The molecule has 0 aliphatic carbocycles. The maximum absolute atomic E-state index is 11.5. The van der Waals surface area contributed by atoms with Crippen LogP contribution in [0.25, 0.3) is 0 Å². The zero-order valence-electron chi connectivity index (χ0n) is 14.8. The summed E-state index contributed by atoms with van der Waals surface area (Å²) in [5, 5.41) is 10.3. The Balaban J connectivity index is 1.68. The summed E-state index contributed by atoms with van der Waals surface area (Å²) in [4.78, 5) is 7.11. The lowest BCUT2D eigenvalue weighted by Gasteiger charge is -2.32. The van der Waals surface area contributed by atoms with Crippen LogP contribution in [0.1, 0.15) is 54.9 Å². The number of hydrogen-bond acceptors (Lipinski definition) is 6. The Kier molecular flexibility index (Phi) is 5.45. The Hall–Kier alpha value is -1.45. The van der Waals surface area contributed by atoms with Gasteiger partial charge in [0, 0.05) is 30.3 Å². The maximum Gasteiger partial charge on any atom is 0.229 e. The van der Waals surface area contributed by atoms with Gasteiger partial charge in [0.15, 0.2) is 0 Å². The van der Waals surface area contributed by atoms with E-state index >= 15 is 0 Å². The van der Waals surface area contributed by atoms with Crippen LogP contribution in [-0.2, 0) is 16.6 Å². The van der Waals surface area contributed by atoms with E-state index in [4.69, 9.17) is 4.98 Å². The molecule has 1 aliphatic heterocycles. The third-order valence-corrected chi connectivity index (χ3v) is 6.11. The highest BCUT2D eigenvalue weighted by Crippen LogP contribution is 2.31. The molecule has 0 aromatic carbocycles. The predicted molar refractivity (Wildman–Crippen MR) is 101 cm³/mol. The van der Waals surface area contributed by atoms with Gasteiger partial charge in [-0.25, -0.2) is 13.4 Å². The van der Waals surface area contributed by atoms with Crippen molar-refractivity contribution in [3.63, 3.8) is 0 Å². The topological polar surface area (TPSA) is 91.0 Å². The lowest BCUT2D eigenvalue weighted by atomic mass is 9.94. The fraction of sp³-hybridized carbons (Fsp3) is 0.625. The molecule has 9 heteroatoms. The quantitative estimate of drug-likeness (QED) is 0.800. The molecule has 3 rings (SSSR count). The average Bonchev–Trinajstić information content (AvgIpc) is 3.15. The standard InChI is InChI=1S/C16H25N5O2S2/c1-11(2)16-18-13(10-24-16)9-21-6-4-5-12(8-21)15-14(7-17-19-15)20-25(3,22)23/h7,10-12,20H,4-6,8-9H2,1-3H3,(H,17,19)/t12-/m0/s1. The van der Waals surface area contributed by atoms with Crippen molar-refractivity contribution in [2.45, 2.75) is 45.1 Å². The molecule has 7 nitrogen and oxygen atoms in total. The smallest absolute Gasteiger partial charge is 0.229 e. The van der Waals surface area contributed by atoms with Crippen molar-refractivity contribution < 1.29 is 8.42 Å². The Morgan fingerprint density at radius 2 is 2.28 bits per heavy atom. The van der Waals surface area contributed by atoms with Crippen molar-refractivity contribution in [1.82, 2.24) is 20.1 Å². The van der Waals surface area contributed by atoms with E-state index in [1.54, 1.807) is 17.5 Å². The van der Waals surface area contributed by atoms with Gasteiger partial charge in [0.1, 0.15) is 0 Å². The van der Waals surface area contributed by atoms with E-state index in [0.29, 0.717) is 11.6 Å². The van der Waals surface area contributed by atoms with Crippen molar-refractivity contribution in [3.05, 3.63) is 28.0 Å². The number of likely N-dealkylation sites (tertiary alicyclic amines) is 1. The molecular formula is C16H25N5O2S2. The largest absolute Gasteiger partial charge is 0.297 e. The summed E-state index contributed by atoms with van der Waals surface area (Å²) in [6, 6.07) is 0. The Morgan fingerprint density at radius 1 is 1.48 bits per heavy atom. The van der Waals surface area contributed by atoms with Gasteiger partial charge in [-0.3, -0.25) is 14.7 Å². The van der Waals surface area contributed by atoms with Gasteiger partial charge >= 0.3 is 0 Å². The zero-order chi connectivity index (χ0) is 18.0. The monoisotopic (exact) mass is 383 g/mol. The number of aromatic nitrogens is 3. The van der Waals surface area contributed by atoms with Crippen molar-refractivity contribution in [2.75, 3.05) is 24.1 Å². The van der Waals surface area contributed by atoms with E-state index in [0.717, 1.165) is 50.1 Å². The van der Waals surface area contributed by atoms with E-state index in [1.165, 1.54) is 5.01 Å². The molecule has 25 heavy (non-hydrogen) atoms. The minimum atomic E-state index is -3.31. The second-order valence-electron chi connectivity index (χ2n) is 6.98. The van der Waals surface area contributed by atoms with Crippen molar-refractivity contribution in [1.29, 1.82) is 0 Å². The van der Waals surface area contributed by atoms with Crippen molar-refractivity contribution in [2.24, 2.45) is 0 Å². The first kappa shape index (κ1) is 18.3. The van der Waals surface area contributed by atoms with Crippen LogP contribution in [0.2, 0.25) is 0 Å². The van der Waals surface area contributed by atoms with E-state index in [1.807, 2.05) is 0 Å². The van der Waals surface area contributed by atoms with Gasteiger partial charge in [0.25, 0.3) is 0 Å². The molecule has 1 aliphatic rings. The summed E-state index contributed by atoms with van der Waals surface area (Å²) < 4.78 is 25.6. The molecule has 1 saturated heterocycles. The van der Waals surface area contributed by atoms with Gasteiger partial charge in [0.2, 0.25) is 10.0 Å². The molecule has 2 aromatic rings. The van der Waals surface area contributed by atoms with Crippen LogP contribution in [0, 0.1) is 0 Å². The molecular weight excluding hydrogens is 358 g/mol. The number of piperidine rings is 1. The number of H-pyrrole nitrogens is 1. The van der Waals surface area contributed by atoms with E-state index in [2.05, 4.69) is 39.0 Å². The minimum absolute atomic E-state index is 0.240. The molecule has 1 atom stereocenters. The number of nitrogens with one attached hydrogen (secondary N) is 2. The molecule has 0 spiro atoms. The molecule has 0 bridgehead atoms. The number of rotatable bonds is 6. The van der Waals surface area contributed by atoms with Gasteiger partial charge in [-0.2, -0.15) is 5.10 Å². The van der Waals surface area contributed by atoms with Crippen LogP contribution in [0.4, 0.5) is 5.69 Å². The summed E-state index contributed by atoms with van der Waals surface area (Å²) >= 11 is 1.72. The van der Waals surface area contributed by atoms with Gasteiger partial charge in [-0.1, -0.05) is 13.8 Å². The Labute approximate surface area is 152 Å². The minimum Gasteiger partial charge on any atom is -0.297 e. The second kappa shape index (κ2) is 7.43. The summed E-state index contributed by atoms with van der Waals surface area (Å²) in [6.07, 6.45) is 4.80. The highest BCUT2D eigenvalue weighted by Gasteiger charge is 2.26. The molecule has 0 radical (unpaired) electrons. The summed E-state index contributed by atoms with van der Waals surface area (Å²) in [7, 11) is -3.31. The second-order valence-corrected chi connectivity index (χ2v) is 9.62. The van der Waals surface area contributed by atoms with Crippen LogP contribution in [0.5, 0.6) is 0 Å². The number of sulfonamides is 1. The van der Waals surface area contributed by atoms with Crippen LogP contribution >= 0.6 is 11.3 Å². The summed E-state index contributed by atoms with van der Waals surface area (Å²) in [5.41, 5.74) is 2.55. The summed E-state index contributed by atoms with van der Waals surface area (Å²) in [6.45, 7) is 7.06. The first-order chi connectivity index (χ1) is 11.8. The molecule has 2 N–H and O–H groups in total.